The van der Waals surface area contributed by atoms with E-state index in [0.29, 0.717) is 0 Å². The van der Waals surface area contributed by atoms with Crippen molar-refractivity contribution in [3.05, 3.63) is 54.0 Å². The molecular formula is C13H12N2O3. The number of carbonyl (C=O) groups is 1. The lowest BCUT2D eigenvalue weighted by molar-refractivity contribution is 0.0927. The Kier molecular flexibility index (Phi) is 3.76. The molecular weight excluding hydrogens is 232 g/mol. The Bertz CT molecular complexity index is 547. The maximum atomic E-state index is 11.5. The molecule has 0 atom stereocenters. The van der Waals surface area contributed by atoms with Crippen molar-refractivity contribution in [2.24, 2.45) is 5.10 Å². The Hall–Kier alpha value is -2.56. The number of hydrogen-bond acceptors (Lipinski definition) is 4. The molecule has 0 bridgehead atoms. The van der Waals surface area contributed by atoms with Crippen LogP contribution in [-0.2, 0) is 0 Å². The highest BCUT2D eigenvalue weighted by Gasteiger charge is 2.05. The molecule has 1 amide bonds. The van der Waals surface area contributed by atoms with Crippen molar-refractivity contribution in [2.75, 3.05) is 7.11 Å². The summed E-state index contributed by atoms with van der Waals surface area (Å²) in [6.07, 6.45) is 2.96. The lowest BCUT2D eigenvalue weighted by atomic mass is 10.2. The van der Waals surface area contributed by atoms with Gasteiger partial charge in [-0.05, 0) is 29.8 Å². The van der Waals surface area contributed by atoms with Crippen LogP contribution < -0.4 is 10.2 Å². The maximum Gasteiger partial charge on any atom is 0.307 e. The van der Waals surface area contributed by atoms with Gasteiger partial charge in [-0.15, -0.1) is 0 Å². The van der Waals surface area contributed by atoms with Crippen LogP contribution in [-0.4, -0.2) is 19.2 Å². The maximum absolute atomic E-state index is 11.5. The molecule has 18 heavy (non-hydrogen) atoms. The molecule has 5 heteroatoms. The Balaban J connectivity index is 1.97. The van der Waals surface area contributed by atoms with E-state index in [1.165, 1.54) is 12.5 Å². The van der Waals surface area contributed by atoms with Crippen molar-refractivity contribution in [3.63, 3.8) is 0 Å². The Morgan fingerprint density at radius 1 is 1.39 bits per heavy atom. The number of hydrazone groups is 1. The third-order valence-electron chi connectivity index (χ3n) is 2.22. The second kappa shape index (κ2) is 5.67. The molecule has 5 nitrogen and oxygen atoms in total. The second-order valence-corrected chi connectivity index (χ2v) is 3.45. The summed E-state index contributed by atoms with van der Waals surface area (Å²) < 4.78 is 10.0. The first kappa shape index (κ1) is 11.9. The highest BCUT2D eigenvalue weighted by atomic mass is 16.5. The van der Waals surface area contributed by atoms with Crippen molar-refractivity contribution >= 4 is 12.1 Å². The molecule has 0 aliphatic rings. The summed E-state index contributed by atoms with van der Waals surface area (Å²) >= 11 is 0. The van der Waals surface area contributed by atoms with Gasteiger partial charge in [-0.3, -0.25) is 4.79 Å². The lowest BCUT2D eigenvalue weighted by Crippen LogP contribution is -2.16. The summed E-state index contributed by atoms with van der Waals surface area (Å²) in [5.74, 6) is 0.563. The molecule has 0 aliphatic carbocycles. The number of nitrogens with zero attached hydrogens (tertiary/aromatic N) is 1. The first-order chi connectivity index (χ1) is 8.79. The molecule has 1 N–H and O–H groups in total. The molecule has 0 spiro atoms. The minimum atomic E-state index is -0.390. The SMILES string of the molecule is COc1cccc(/C=N\NC(=O)c2ccco2)c1. The number of hydrogen-bond donors (Lipinski definition) is 1. The van der Waals surface area contributed by atoms with Crippen molar-refractivity contribution in [2.45, 2.75) is 0 Å². The van der Waals surface area contributed by atoms with Crippen LogP contribution in [0.3, 0.4) is 0 Å². The predicted molar refractivity (Wildman–Crippen MR) is 66.8 cm³/mol. The largest absolute Gasteiger partial charge is 0.497 e. The molecule has 2 aromatic rings. The van der Waals surface area contributed by atoms with E-state index in [1.54, 1.807) is 19.2 Å². The van der Waals surface area contributed by atoms with Gasteiger partial charge in [0.25, 0.3) is 0 Å². The van der Waals surface area contributed by atoms with Gasteiger partial charge in [-0.1, -0.05) is 12.1 Å². The van der Waals surface area contributed by atoms with E-state index in [-0.39, 0.29) is 11.7 Å². The van der Waals surface area contributed by atoms with Crippen molar-refractivity contribution < 1.29 is 13.9 Å². The summed E-state index contributed by atoms with van der Waals surface area (Å²) in [6, 6.07) is 10.5. The summed E-state index contributed by atoms with van der Waals surface area (Å²) in [4.78, 5) is 11.5. The predicted octanol–water partition coefficient (Wildman–Crippen LogP) is 2.05. The van der Waals surface area contributed by atoms with E-state index < -0.39 is 0 Å². The minimum Gasteiger partial charge on any atom is -0.497 e. The molecule has 0 radical (unpaired) electrons. The Morgan fingerprint density at radius 2 is 2.28 bits per heavy atom. The molecule has 1 aromatic carbocycles. The van der Waals surface area contributed by atoms with Crippen molar-refractivity contribution in [1.82, 2.24) is 5.43 Å². The van der Waals surface area contributed by atoms with Gasteiger partial charge in [-0.25, -0.2) is 5.43 Å². The average molecular weight is 244 g/mol. The van der Waals surface area contributed by atoms with Crippen LogP contribution in [0.15, 0.2) is 52.2 Å². The highest BCUT2D eigenvalue weighted by Crippen LogP contribution is 2.10. The van der Waals surface area contributed by atoms with Gasteiger partial charge >= 0.3 is 5.91 Å². The molecule has 1 heterocycles. The number of carbonyl (C=O) groups excluding carboxylic acids is 1. The Labute approximate surface area is 104 Å². The second-order valence-electron chi connectivity index (χ2n) is 3.45. The molecule has 0 unspecified atom stereocenters. The van der Waals surface area contributed by atoms with E-state index in [1.807, 2.05) is 24.3 Å². The lowest BCUT2D eigenvalue weighted by Gasteiger charge is -1.99. The van der Waals surface area contributed by atoms with Crippen molar-refractivity contribution in [3.8, 4) is 5.75 Å². The van der Waals surface area contributed by atoms with Gasteiger partial charge < -0.3 is 9.15 Å². The molecule has 0 saturated carbocycles. The van der Waals surface area contributed by atoms with Gasteiger partial charge in [0.1, 0.15) is 5.75 Å². The smallest absolute Gasteiger partial charge is 0.307 e. The monoisotopic (exact) mass is 244 g/mol. The van der Waals surface area contributed by atoms with E-state index in [9.17, 15) is 4.79 Å². The van der Waals surface area contributed by atoms with E-state index in [2.05, 4.69) is 10.5 Å². The molecule has 92 valence electrons. The fourth-order valence-electron chi connectivity index (χ4n) is 1.35. The van der Waals surface area contributed by atoms with Crippen LogP contribution >= 0.6 is 0 Å². The molecule has 0 aliphatic heterocycles. The standard InChI is InChI=1S/C13H12N2O3/c1-17-11-5-2-4-10(8-11)9-14-15-13(16)12-6-3-7-18-12/h2-9H,1H3,(H,15,16)/b14-9-. The van der Waals surface area contributed by atoms with Crippen LogP contribution in [0.4, 0.5) is 0 Å². The number of ether oxygens (including phenoxy) is 1. The Morgan fingerprint density at radius 3 is 3.00 bits per heavy atom. The number of rotatable bonds is 4. The quantitative estimate of drug-likeness (QED) is 0.661. The first-order valence-corrected chi connectivity index (χ1v) is 5.30. The van der Waals surface area contributed by atoms with Gasteiger partial charge in [0.05, 0.1) is 19.6 Å². The molecule has 0 saturated heterocycles. The number of amides is 1. The van der Waals surface area contributed by atoms with E-state index >= 15 is 0 Å². The summed E-state index contributed by atoms with van der Waals surface area (Å²) in [7, 11) is 1.59. The van der Waals surface area contributed by atoms with Crippen LogP contribution in [0.5, 0.6) is 5.75 Å². The third-order valence-corrected chi connectivity index (χ3v) is 2.22. The molecule has 1 aromatic heterocycles. The minimum absolute atomic E-state index is 0.220. The number of benzene rings is 1. The first-order valence-electron chi connectivity index (χ1n) is 5.30. The topological polar surface area (TPSA) is 63.8 Å². The summed E-state index contributed by atoms with van der Waals surface area (Å²) in [5, 5.41) is 3.83. The van der Waals surface area contributed by atoms with Gasteiger partial charge in [0, 0.05) is 0 Å². The number of methoxy groups -OCH3 is 1. The fourth-order valence-corrected chi connectivity index (χ4v) is 1.35. The zero-order chi connectivity index (χ0) is 12.8. The molecule has 2 rings (SSSR count). The highest BCUT2D eigenvalue weighted by molar-refractivity contribution is 5.92. The summed E-state index contributed by atoms with van der Waals surface area (Å²) in [6.45, 7) is 0. The van der Waals surface area contributed by atoms with E-state index in [0.717, 1.165) is 11.3 Å². The average Bonchev–Trinajstić information content (AvgIpc) is 2.93. The normalized spacial score (nSPS) is 10.5. The van der Waals surface area contributed by atoms with Gasteiger partial charge in [-0.2, -0.15) is 5.10 Å². The molecule has 0 fully saturated rings. The van der Waals surface area contributed by atoms with Crippen LogP contribution in [0.2, 0.25) is 0 Å². The van der Waals surface area contributed by atoms with Gasteiger partial charge in [0.15, 0.2) is 5.76 Å². The van der Waals surface area contributed by atoms with Gasteiger partial charge in [0.2, 0.25) is 0 Å². The zero-order valence-corrected chi connectivity index (χ0v) is 9.79. The van der Waals surface area contributed by atoms with E-state index in [4.69, 9.17) is 9.15 Å². The zero-order valence-electron chi connectivity index (χ0n) is 9.79. The number of furan rings is 1. The van der Waals surface area contributed by atoms with Crippen LogP contribution in [0.1, 0.15) is 16.1 Å². The third kappa shape index (κ3) is 2.98. The van der Waals surface area contributed by atoms with Crippen LogP contribution in [0, 0.1) is 0 Å². The van der Waals surface area contributed by atoms with Crippen molar-refractivity contribution in [1.29, 1.82) is 0 Å². The summed E-state index contributed by atoms with van der Waals surface area (Å²) in [5.41, 5.74) is 3.19. The number of nitrogens with one attached hydrogen (secondary N) is 1. The van der Waals surface area contributed by atoms with Crippen LogP contribution in [0.25, 0.3) is 0 Å². The fraction of sp³-hybridized carbons (Fsp3) is 0.0769.